The molecule has 3 rings (SSSR count). The predicted octanol–water partition coefficient (Wildman–Crippen LogP) is -3.09. The first-order chi connectivity index (χ1) is 11.0. The van der Waals surface area contributed by atoms with Gasteiger partial charge in [-0.3, -0.25) is 4.57 Å². The summed E-state index contributed by atoms with van der Waals surface area (Å²) in [5.74, 6) is 0. The van der Waals surface area contributed by atoms with E-state index in [0.29, 0.717) is 0 Å². The molecule has 0 aliphatic carbocycles. The van der Waals surface area contributed by atoms with E-state index in [1.807, 2.05) is 0 Å². The second-order valence-corrected chi connectivity index (χ2v) is 6.79. The molecule has 9 atom stereocenters. The Morgan fingerprint density at radius 1 is 1.09 bits per heavy atom. The number of aliphatic hydroxyl groups excluding tert-OH is 2. The molecule has 1 unspecified atom stereocenters. The van der Waals surface area contributed by atoms with Crippen LogP contribution in [-0.4, -0.2) is 86.9 Å². The van der Waals surface area contributed by atoms with Crippen LogP contribution in [0.25, 0.3) is 0 Å². The zero-order valence-electron chi connectivity index (χ0n) is 12.6. The Balaban J connectivity index is 1.69. The lowest BCUT2D eigenvalue weighted by Gasteiger charge is -2.21. The lowest BCUT2D eigenvalue weighted by atomic mass is 9.93. The third-order valence-corrected chi connectivity index (χ3v) is 5.04. The van der Waals surface area contributed by atoms with Crippen LogP contribution < -0.4 is 5.73 Å². The highest BCUT2D eigenvalue weighted by Crippen LogP contribution is 2.34. The van der Waals surface area contributed by atoms with Crippen molar-refractivity contribution in [2.45, 2.75) is 48.9 Å². The zero-order chi connectivity index (χ0) is 16.6. The highest BCUT2D eigenvalue weighted by Gasteiger charge is 2.46. The molecule has 0 amide bonds. The molecule has 12 heteroatoms. The minimum absolute atomic E-state index is 0.0143. The van der Waals surface area contributed by atoms with Gasteiger partial charge in [-0.05, 0) is 0 Å². The minimum Gasteiger partial charge on any atom is -0.388 e. The van der Waals surface area contributed by atoms with Gasteiger partial charge in [0.05, 0.1) is 19.2 Å². The summed E-state index contributed by atoms with van der Waals surface area (Å²) in [5, 5.41) is 20.2. The molecule has 3 heterocycles. The largest absolute Gasteiger partial charge is 0.388 e. The maximum Gasteiger partial charge on any atom is 0.319 e. The molecule has 4 N–H and O–H groups in total. The Morgan fingerprint density at radius 3 is 2.65 bits per heavy atom. The van der Waals surface area contributed by atoms with Crippen LogP contribution in [0.1, 0.15) is 0 Å². The third-order valence-electron chi connectivity index (χ3n) is 4.17. The second-order valence-electron chi connectivity index (χ2n) is 5.76. The van der Waals surface area contributed by atoms with Gasteiger partial charge in [-0.1, -0.05) is 0 Å². The Morgan fingerprint density at radius 2 is 1.87 bits per heavy atom. The number of nitrogens with two attached hydrogens (primary N) is 1. The molecule has 3 aliphatic heterocycles. The second kappa shape index (κ2) is 7.44. The van der Waals surface area contributed by atoms with Gasteiger partial charge in [0.1, 0.15) is 57.5 Å². The summed E-state index contributed by atoms with van der Waals surface area (Å²) in [6.45, 7) is -0.205. The van der Waals surface area contributed by atoms with Crippen molar-refractivity contribution in [3.63, 3.8) is 0 Å². The van der Waals surface area contributed by atoms with Crippen molar-refractivity contribution in [2.75, 3.05) is 20.0 Å². The number of hydrogen-bond donors (Lipinski definition) is 3. The number of hydrogen-bond acceptors (Lipinski definition) is 10. The van der Waals surface area contributed by atoms with E-state index in [1.54, 1.807) is 7.85 Å². The lowest BCUT2D eigenvalue weighted by Crippen LogP contribution is -2.38. The van der Waals surface area contributed by atoms with Crippen LogP contribution in [0, 0.1) is 0 Å². The van der Waals surface area contributed by atoms with E-state index in [0.717, 1.165) is 0 Å². The quantitative estimate of drug-likeness (QED) is 0.303. The van der Waals surface area contributed by atoms with Crippen molar-refractivity contribution in [1.82, 2.24) is 0 Å². The van der Waals surface area contributed by atoms with Crippen LogP contribution in [0.3, 0.4) is 0 Å². The van der Waals surface area contributed by atoms with E-state index in [4.69, 9.17) is 33.7 Å². The maximum absolute atomic E-state index is 11.9. The first-order valence-electron chi connectivity index (χ1n) is 7.42. The van der Waals surface area contributed by atoms with Crippen molar-refractivity contribution in [3.8, 4) is 0 Å². The van der Waals surface area contributed by atoms with E-state index in [1.165, 1.54) is 0 Å². The summed E-state index contributed by atoms with van der Waals surface area (Å²) in [5.41, 5.74) is 5.71. The molecule has 2 bridgehead atoms. The minimum atomic E-state index is -2.93. The van der Waals surface area contributed by atoms with E-state index in [9.17, 15) is 14.8 Å². The summed E-state index contributed by atoms with van der Waals surface area (Å²) >= 11 is 0. The van der Waals surface area contributed by atoms with Crippen molar-refractivity contribution in [3.05, 3.63) is 0 Å². The van der Waals surface area contributed by atoms with Gasteiger partial charge in [0.15, 0.2) is 0 Å². The zero-order valence-corrected chi connectivity index (χ0v) is 13.6. The van der Waals surface area contributed by atoms with Gasteiger partial charge in [-0.15, -0.1) is 0 Å². The molecule has 0 aromatic heterocycles. The van der Waals surface area contributed by atoms with Crippen molar-refractivity contribution in [2.24, 2.45) is 5.73 Å². The van der Waals surface area contributed by atoms with Crippen LogP contribution in [0.15, 0.2) is 0 Å². The van der Waals surface area contributed by atoms with Gasteiger partial charge in [0.25, 0.3) is 0 Å². The van der Waals surface area contributed by atoms with Crippen LogP contribution in [0.2, 0.25) is 0 Å². The Bertz CT molecular complexity index is 446. The van der Waals surface area contributed by atoms with Gasteiger partial charge < -0.3 is 43.9 Å². The summed E-state index contributed by atoms with van der Waals surface area (Å²) in [6, 6.07) is -0.445. The summed E-state index contributed by atoms with van der Waals surface area (Å²) < 4.78 is 44.0. The molecule has 10 nitrogen and oxygen atoms in total. The standard InChI is InChI=1S/C11H21BNO9P/c12-10-7(15)8-5(20-10)2-19-23(16)22-9-6(14)4(21-11(9)13)1-17-3-18-8/h4-11,14-15,23H,1-3,12-13H2/t4-,5-,6-,7-,8-,9-,10-,11-/m1/s1. The smallest absolute Gasteiger partial charge is 0.319 e. The summed E-state index contributed by atoms with van der Waals surface area (Å²) in [6.07, 6.45) is -5.86. The number of fused-ring (bicyclic) bond motifs is 3. The highest BCUT2D eigenvalue weighted by molar-refractivity contribution is 7.33. The molecular formula is C11H21BNO9P. The average Bonchev–Trinajstić information content (AvgIpc) is 2.93. The van der Waals surface area contributed by atoms with Gasteiger partial charge in [0.2, 0.25) is 0 Å². The number of aliphatic hydroxyl groups is 2. The van der Waals surface area contributed by atoms with Crippen LogP contribution >= 0.6 is 8.25 Å². The maximum atomic E-state index is 11.9. The van der Waals surface area contributed by atoms with Gasteiger partial charge in [0, 0.05) is 0 Å². The van der Waals surface area contributed by atoms with E-state index in [-0.39, 0.29) is 20.0 Å². The fourth-order valence-electron chi connectivity index (χ4n) is 2.89. The van der Waals surface area contributed by atoms with Crippen molar-refractivity contribution < 1.29 is 42.8 Å². The molecule has 0 aromatic rings. The average molecular weight is 353 g/mol. The normalized spacial score (nSPS) is 52.2. The van der Waals surface area contributed by atoms with Gasteiger partial charge in [-0.2, -0.15) is 0 Å². The molecule has 3 aliphatic rings. The van der Waals surface area contributed by atoms with Crippen LogP contribution in [-0.2, 0) is 32.6 Å². The first-order valence-corrected chi connectivity index (χ1v) is 8.65. The number of ether oxygens (including phenoxy) is 4. The summed E-state index contributed by atoms with van der Waals surface area (Å²) in [7, 11) is -1.23. The molecule has 0 spiro atoms. The molecule has 0 aromatic carbocycles. The van der Waals surface area contributed by atoms with Gasteiger partial charge >= 0.3 is 8.25 Å². The van der Waals surface area contributed by atoms with Crippen LogP contribution in [0.5, 0.6) is 0 Å². The number of rotatable bonds is 0. The molecule has 0 saturated carbocycles. The monoisotopic (exact) mass is 353 g/mol. The fraction of sp³-hybridized carbons (Fsp3) is 1.00. The summed E-state index contributed by atoms with van der Waals surface area (Å²) in [4.78, 5) is 0. The van der Waals surface area contributed by atoms with Gasteiger partial charge in [-0.25, -0.2) is 0 Å². The van der Waals surface area contributed by atoms with E-state index in [2.05, 4.69) is 0 Å². The molecule has 23 heavy (non-hydrogen) atoms. The predicted molar refractivity (Wildman–Crippen MR) is 77.6 cm³/mol. The molecule has 132 valence electrons. The van der Waals surface area contributed by atoms with Crippen LogP contribution in [0.4, 0.5) is 0 Å². The lowest BCUT2D eigenvalue weighted by molar-refractivity contribution is -0.148. The highest BCUT2D eigenvalue weighted by atomic mass is 31.1. The molecular weight excluding hydrogens is 332 g/mol. The van der Waals surface area contributed by atoms with Crippen molar-refractivity contribution in [1.29, 1.82) is 0 Å². The topological polar surface area (TPSA) is 139 Å². The van der Waals surface area contributed by atoms with Crippen molar-refractivity contribution >= 4 is 16.1 Å². The third kappa shape index (κ3) is 3.79. The van der Waals surface area contributed by atoms with E-state index >= 15 is 0 Å². The Kier molecular flexibility index (Phi) is 5.74. The SMILES string of the molecule is B[C@@H]1O[C@@H]2CO[PH](=O)O[C@@H]3[C@H](O)[C@@H](COCO[C@H]2[C@H]1O)O[C@H]3N. The Hall–Kier alpha value is -0.0651. The van der Waals surface area contributed by atoms with E-state index < -0.39 is 57.1 Å². The Labute approximate surface area is 134 Å². The first kappa shape index (κ1) is 17.7. The molecule has 0 radical (unpaired) electrons. The molecule has 3 saturated heterocycles. The molecule has 3 fully saturated rings. The fourth-order valence-corrected chi connectivity index (χ4v) is 3.75.